The summed E-state index contributed by atoms with van der Waals surface area (Å²) in [5.74, 6) is 0. The number of anilines is 6. The van der Waals surface area contributed by atoms with E-state index in [1.165, 1.54) is 122 Å². The molecule has 0 unspecified atom stereocenters. The van der Waals surface area contributed by atoms with Gasteiger partial charge in [0.15, 0.2) is 0 Å². The molecular formula is C76H64N2. The van der Waals surface area contributed by atoms with Crippen molar-refractivity contribution in [2.24, 2.45) is 0 Å². The molecule has 0 radical (unpaired) electrons. The Balaban J connectivity index is 0.818. The molecule has 0 saturated carbocycles. The molecule has 0 aliphatic heterocycles. The largest absolute Gasteiger partial charge is 0.310 e. The molecular weight excluding hydrogens is 941 g/mol. The number of nitrogens with zero attached hydrogens (tertiary/aromatic N) is 2. The van der Waals surface area contributed by atoms with Gasteiger partial charge in [0.1, 0.15) is 0 Å². The lowest BCUT2D eigenvalue weighted by molar-refractivity contribution is 0.652. The standard InChI is InChI=1S/C76H64N2/c1-45-53-33-29-50(78(48-23-15-12-16-24-48)52-32-36-58-64-44-70-62(42-72(64)76(9,10)68(58)40-52)56-26-18-20-28-66(56)74(70,5)6)38-60(53)46(2)54-34-30-49(37-59(45)54)77(47-21-13-11-14-22-47)51-31-35-57-63-43-69-61(41-71(63)75(7,8)67(57)39-51)55-25-17-19-27-65(55)73(69,3)4/h11-44H,1-10H3. The second-order valence-electron chi connectivity index (χ2n) is 25.0. The Bertz CT molecular complexity index is 4110. The normalized spacial score (nSPS) is 15.7. The summed E-state index contributed by atoms with van der Waals surface area (Å²) in [7, 11) is 0. The highest BCUT2D eigenvalue weighted by Crippen LogP contribution is 2.59. The third kappa shape index (κ3) is 6.32. The smallest absolute Gasteiger partial charge is 0.0468 e. The Morgan fingerprint density at radius 2 is 0.500 bits per heavy atom. The lowest BCUT2D eigenvalue weighted by Crippen LogP contribution is -2.17. The van der Waals surface area contributed by atoms with Crippen molar-refractivity contribution in [2.45, 2.75) is 90.9 Å². The van der Waals surface area contributed by atoms with Gasteiger partial charge in [-0.25, -0.2) is 0 Å². The number of aryl methyl sites for hydroxylation is 2. The molecule has 0 heterocycles. The van der Waals surface area contributed by atoms with Crippen molar-refractivity contribution in [2.75, 3.05) is 9.80 Å². The summed E-state index contributed by atoms with van der Waals surface area (Å²) in [6.07, 6.45) is 0. The third-order valence-corrected chi connectivity index (χ3v) is 19.4. The van der Waals surface area contributed by atoms with Gasteiger partial charge in [-0.3, -0.25) is 0 Å². The fourth-order valence-corrected chi connectivity index (χ4v) is 15.1. The van der Waals surface area contributed by atoms with Crippen molar-refractivity contribution < 1.29 is 0 Å². The highest BCUT2D eigenvalue weighted by molar-refractivity contribution is 6.08. The lowest BCUT2D eigenvalue weighted by Gasteiger charge is -2.29. The molecule has 2 heteroatoms. The number of para-hydroxylation sites is 2. The molecule has 0 saturated heterocycles. The summed E-state index contributed by atoms with van der Waals surface area (Å²) in [5, 5.41) is 5.10. The minimum Gasteiger partial charge on any atom is -0.310 e. The minimum absolute atomic E-state index is 0.0529. The van der Waals surface area contributed by atoms with E-state index in [4.69, 9.17) is 0 Å². The molecule has 2 nitrogen and oxygen atoms in total. The number of rotatable bonds is 6. The summed E-state index contributed by atoms with van der Waals surface area (Å²) in [5.41, 5.74) is 31.2. The van der Waals surface area contributed by atoms with Gasteiger partial charge in [0.2, 0.25) is 0 Å². The third-order valence-electron chi connectivity index (χ3n) is 19.4. The fraction of sp³-hybridized carbons (Fsp3) is 0.184. The van der Waals surface area contributed by atoms with Gasteiger partial charge >= 0.3 is 0 Å². The van der Waals surface area contributed by atoms with E-state index < -0.39 is 0 Å². The Morgan fingerprint density at radius 1 is 0.218 bits per heavy atom. The van der Waals surface area contributed by atoms with Crippen LogP contribution >= 0.6 is 0 Å². The van der Waals surface area contributed by atoms with E-state index in [1.54, 1.807) is 0 Å². The van der Waals surface area contributed by atoms with Crippen LogP contribution in [0.25, 0.3) is 66.1 Å². The zero-order valence-electron chi connectivity index (χ0n) is 46.5. The molecule has 0 bridgehead atoms. The van der Waals surface area contributed by atoms with Crippen LogP contribution in [0.15, 0.2) is 206 Å². The predicted octanol–water partition coefficient (Wildman–Crippen LogP) is 20.8. The van der Waals surface area contributed by atoms with Crippen molar-refractivity contribution in [1.82, 2.24) is 0 Å². The van der Waals surface area contributed by atoms with Crippen molar-refractivity contribution in [3.05, 3.63) is 262 Å². The van der Waals surface area contributed by atoms with Gasteiger partial charge < -0.3 is 9.80 Å². The first kappa shape index (κ1) is 46.8. The molecule has 11 aromatic rings. The van der Waals surface area contributed by atoms with E-state index in [-0.39, 0.29) is 21.7 Å². The second-order valence-corrected chi connectivity index (χ2v) is 25.0. The Hall–Kier alpha value is -8.46. The van der Waals surface area contributed by atoms with Gasteiger partial charge in [-0.2, -0.15) is 0 Å². The van der Waals surface area contributed by atoms with Crippen molar-refractivity contribution in [1.29, 1.82) is 0 Å². The summed E-state index contributed by atoms with van der Waals surface area (Å²) in [4.78, 5) is 4.92. The maximum atomic E-state index is 2.52. The van der Waals surface area contributed by atoms with E-state index in [9.17, 15) is 0 Å². The molecule has 4 aliphatic carbocycles. The molecule has 0 amide bonds. The van der Waals surface area contributed by atoms with Gasteiger partial charge in [-0.15, -0.1) is 0 Å². The number of benzene rings is 11. The van der Waals surface area contributed by atoms with E-state index >= 15 is 0 Å². The lowest BCUT2D eigenvalue weighted by atomic mass is 9.79. The molecule has 0 atom stereocenters. The first-order chi connectivity index (χ1) is 37.5. The Kier molecular flexibility index (Phi) is 9.64. The van der Waals surface area contributed by atoms with Crippen molar-refractivity contribution in [3.63, 3.8) is 0 Å². The van der Waals surface area contributed by atoms with Crippen LogP contribution in [0.3, 0.4) is 0 Å². The zero-order chi connectivity index (χ0) is 53.4. The molecule has 4 aliphatic rings. The molecule has 15 rings (SSSR count). The molecule has 0 aromatic heterocycles. The topological polar surface area (TPSA) is 6.48 Å². The van der Waals surface area contributed by atoms with Gasteiger partial charge in [-0.1, -0.05) is 165 Å². The van der Waals surface area contributed by atoms with Gasteiger partial charge in [0.05, 0.1) is 0 Å². The van der Waals surface area contributed by atoms with Gasteiger partial charge in [0.25, 0.3) is 0 Å². The van der Waals surface area contributed by atoms with E-state index in [1.807, 2.05) is 0 Å². The maximum absolute atomic E-state index is 2.52. The van der Waals surface area contributed by atoms with Crippen LogP contribution in [0.1, 0.15) is 111 Å². The van der Waals surface area contributed by atoms with E-state index in [0.717, 1.165) is 34.1 Å². The quantitative estimate of drug-likeness (QED) is 0.153. The second kappa shape index (κ2) is 16.1. The van der Waals surface area contributed by atoms with E-state index in [2.05, 4.69) is 285 Å². The van der Waals surface area contributed by atoms with Crippen molar-refractivity contribution >= 4 is 55.7 Å². The number of fused-ring (bicyclic) bond motifs is 14. The summed E-state index contributed by atoms with van der Waals surface area (Å²) in [6.45, 7) is 23.8. The number of hydrogen-bond donors (Lipinski definition) is 0. The Morgan fingerprint density at radius 3 is 0.872 bits per heavy atom. The van der Waals surface area contributed by atoms with Crippen LogP contribution in [0, 0.1) is 13.8 Å². The summed E-state index contributed by atoms with van der Waals surface area (Å²) >= 11 is 0. The SMILES string of the molecule is Cc1c2ccc(N(c3ccccc3)c3ccc4c(c3)C(C)(C)c3cc5c(cc3-4)C(C)(C)c3ccccc3-5)cc2c(C)c2ccc(N(c3ccccc3)c3ccc4c(c3)C(C)(C)c3cc5c(cc3-4)C(C)(C)c3ccccc3-5)cc12. The van der Waals surface area contributed by atoms with Crippen LogP contribution in [0.5, 0.6) is 0 Å². The highest BCUT2D eigenvalue weighted by atomic mass is 15.1. The minimum atomic E-state index is -0.181. The molecule has 11 aromatic carbocycles. The summed E-state index contributed by atoms with van der Waals surface area (Å²) < 4.78 is 0. The van der Waals surface area contributed by atoms with Gasteiger partial charge in [0, 0.05) is 55.8 Å². The van der Waals surface area contributed by atoms with E-state index in [0.29, 0.717) is 0 Å². The van der Waals surface area contributed by atoms with Crippen LogP contribution in [-0.2, 0) is 21.7 Å². The predicted molar refractivity (Wildman–Crippen MR) is 331 cm³/mol. The first-order valence-corrected chi connectivity index (χ1v) is 28.1. The average Bonchev–Trinajstić information content (AvgIpc) is 4.24. The Labute approximate surface area is 460 Å². The van der Waals surface area contributed by atoms with Gasteiger partial charge in [-0.05, 0) is 233 Å². The number of hydrogen-bond acceptors (Lipinski definition) is 2. The van der Waals surface area contributed by atoms with Crippen LogP contribution < -0.4 is 9.80 Å². The van der Waals surface area contributed by atoms with Crippen LogP contribution in [-0.4, -0.2) is 0 Å². The molecule has 378 valence electrons. The summed E-state index contributed by atoms with van der Waals surface area (Å²) in [6, 6.07) is 78.6. The van der Waals surface area contributed by atoms with Crippen LogP contribution in [0.2, 0.25) is 0 Å². The first-order valence-electron chi connectivity index (χ1n) is 28.1. The average molecular weight is 1010 g/mol. The highest BCUT2D eigenvalue weighted by Gasteiger charge is 2.44. The maximum Gasteiger partial charge on any atom is 0.0468 e. The zero-order valence-corrected chi connectivity index (χ0v) is 46.5. The molecule has 0 N–H and O–H groups in total. The molecule has 0 fully saturated rings. The van der Waals surface area contributed by atoms with Crippen LogP contribution in [0.4, 0.5) is 34.1 Å². The monoisotopic (exact) mass is 1000 g/mol. The molecule has 78 heavy (non-hydrogen) atoms. The molecule has 0 spiro atoms. The van der Waals surface area contributed by atoms with Crippen molar-refractivity contribution in [3.8, 4) is 44.5 Å². The fourth-order valence-electron chi connectivity index (χ4n) is 15.1.